The summed E-state index contributed by atoms with van der Waals surface area (Å²) in [5.74, 6) is -3.67. The number of rotatable bonds is 1. The topological polar surface area (TPSA) is 26.3 Å². The van der Waals surface area contributed by atoms with Crippen LogP contribution in [0.3, 0.4) is 0 Å². The number of hydrogen-bond acceptors (Lipinski definition) is 2. The van der Waals surface area contributed by atoms with Crippen LogP contribution in [-0.2, 0) is 9.53 Å². The second-order valence-electron chi connectivity index (χ2n) is 6.46. The summed E-state index contributed by atoms with van der Waals surface area (Å²) in [6.07, 6.45) is -2.45. The molecule has 0 radical (unpaired) electrons. The van der Waals surface area contributed by atoms with Crippen LogP contribution in [0.2, 0.25) is 0 Å². The fourth-order valence-corrected chi connectivity index (χ4v) is 3.47. The first-order chi connectivity index (χ1) is 8.09. The zero-order chi connectivity index (χ0) is 13.7. The van der Waals surface area contributed by atoms with E-state index in [1.54, 1.807) is 20.8 Å². The van der Waals surface area contributed by atoms with Crippen LogP contribution in [0, 0.1) is 23.7 Å². The summed E-state index contributed by atoms with van der Waals surface area (Å²) in [5, 5.41) is 0. The Kier molecular flexibility index (Phi) is 3.14. The van der Waals surface area contributed by atoms with Gasteiger partial charge in [-0.25, -0.2) is 0 Å². The molecule has 2 aliphatic rings. The molecule has 0 aromatic rings. The lowest BCUT2D eigenvalue weighted by atomic mass is 9.78. The minimum absolute atomic E-state index is 0.142. The van der Waals surface area contributed by atoms with Gasteiger partial charge in [0.2, 0.25) is 0 Å². The molecule has 5 heteroatoms. The van der Waals surface area contributed by atoms with Crippen molar-refractivity contribution in [3.05, 3.63) is 0 Å². The lowest BCUT2D eigenvalue weighted by Crippen LogP contribution is -2.41. The molecule has 2 nitrogen and oxygen atoms in total. The first-order valence-electron chi connectivity index (χ1n) is 6.39. The SMILES string of the molecule is CC(C)(C)OC(=O)C1C2CCC(C2)C1C(F)(F)F. The number of carbonyl (C=O) groups excluding carboxylic acids is 1. The van der Waals surface area contributed by atoms with E-state index in [-0.39, 0.29) is 11.8 Å². The summed E-state index contributed by atoms with van der Waals surface area (Å²) in [7, 11) is 0. The Hall–Kier alpha value is -0.740. The molecule has 0 N–H and O–H groups in total. The molecule has 2 fully saturated rings. The molecule has 2 aliphatic carbocycles. The molecule has 0 aliphatic heterocycles. The third-order valence-electron chi connectivity index (χ3n) is 3.97. The number of carbonyl (C=O) groups is 1. The van der Waals surface area contributed by atoms with Crippen molar-refractivity contribution in [2.75, 3.05) is 0 Å². The molecule has 0 spiro atoms. The molecule has 0 amide bonds. The second-order valence-corrected chi connectivity index (χ2v) is 6.46. The monoisotopic (exact) mass is 264 g/mol. The van der Waals surface area contributed by atoms with Gasteiger partial charge in [0.15, 0.2) is 0 Å². The van der Waals surface area contributed by atoms with Gasteiger partial charge in [0.05, 0.1) is 11.8 Å². The fraction of sp³-hybridized carbons (Fsp3) is 0.923. The zero-order valence-electron chi connectivity index (χ0n) is 10.9. The Morgan fingerprint density at radius 3 is 2.17 bits per heavy atom. The molecule has 0 aromatic heterocycles. The summed E-state index contributed by atoms with van der Waals surface area (Å²) in [6, 6.07) is 0. The molecule has 2 saturated carbocycles. The van der Waals surface area contributed by atoms with Gasteiger partial charge in [0.25, 0.3) is 0 Å². The van der Waals surface area contributed by atoms with Gasteiger partial charge in [-0.2, -0.15) is 13.2 Å². The van der Waals surface area contributed by atoms with E-state index >= 15 is 0 Å². The third kappa shape index (κ3) is 2.50. The summed E-state index contributed by atoms with van der Waals surface area (Å²) in [6.45, 7) is 5.04. The summed E-state index contributed by atoms with van der Waals surface area (Å²) in [5.41, 5.74) is -0.727. The van der Waals surface area contributed by atoms with Crippen LogP contribution in [0.4, 0.5) is 13.2 Å². The van der Waals surface area contributed by atoms with Crippen molar-refractivity contribution in [1.29, 1.82) is 0 Å². The van der Waals surface area contributed by atoms with Gasteiger partial charge < -0.3 is 4.74 Å². The minimum atomic E-state index is -4.29. The van der Waals surface area contributed by atoms with Crippen LogP contribution in [0.5, 0.6) is 0 Å². The predicted octanol–water partition coefficient (Wildman–Crippen LogP) is 3.55. The van der Waals surface area contributed by atoms with Gasteiger partial charge in [-0.15, -0.1) is 0 Å². The molecule has 4 atom stereocenters. The summed E-state index contributed by atoms with van der Waals surface area (Å²) >= 11 is 0. The lowest BCUT2D eigenvalue weighted by Gasteiger charge is -2.33. The van der Waals surface area contributed by atoms with E-state index < -0.39 is 29.6 Å². The molecule has 0 heterocycles. The molecular formula is C13H19F3O2. The average molecular weight is 264 g/mol. The van der Waals surface area contributed by atoms with Crippen molar-refractivity contribution < 1.29 is 22.7 Å². The Labute approximate surface area is 105 Å². The Morgan fingerprint density at radius 2 is 1.67 bits per heavy atom. The average Bonchev–Trinajstić information content (AvgIpc) is 2.71. The first kappa shape index (κ1) is 13.7. The van der Waals surface area contributed by atoms with Crippen molar-refractivity contribution in [3.8, 4) is 0 Å². The van der Waals surface area contributed by atoms with Gasteiger partial charge in [0.1, 0.15) is 5.60 Å². The van der Waals surface area contributed by atoms with Gasteiger partial charge in [-0.3, -0.25) is 4.79 Å². The highest BCUT2D eigenvalue weighted by atomic mass is 19.4. The molecule has 18 heavy (non-hydrogen) atoms. The van der Waals surface area contributed by atoms with Gasteiger partial charge in [-0.05, 0) is 51.9 Å². The molecule has 4 unspecified atom stereocenters. The van der Waals surface area contributed by atoms with E-state index in [1.807, 2.05) is 0 Å². The van der Waals surface area contributed by atoms with Gasteiger partial charge >= 0.3 is 12.1 Å². The fourth-order valence-electron chi connectivity index (χ4n) is 3.47. The highest BCUT2D eigenvalue weighted by molar-refractivity contribution is 5.74. The Morgan fingerprint density at radius 1 is 1.11 bits per heavy atom. The predicted molar refractivity (Wildman–Crippen MR) is 59.7 cm³/mol. The van der Waals surface area contributed by atoms with Gasteiger partial charge in [0, 0.05) is 0 Å². The maximum absolute atomic E-state index is 13.1. The normalized spacial score (nSPS) is 35.9. The molecular weight excluding hydrogens is 245 g/mol. The van der Waals surface area contributed by atoms with Crippen LogP contribution in [0.15, 0.2) is 0 Å². The second kappa shape index (κ2) is 4.14. The van der Waals surface area contributed by atoms with Crippen molar-refractivity contribution in [2.45, 2.75) is 51.8 Å². The summed E-state index contributed by atoms with van der Waals surface area (Å²) in [4.78, 5) is 12.0. The lowest BCUT2D eigenvalue weighted by molar-refractivity contribution is -0.211. The number of alkyl halides is 3. The molecule has 2 bridgehead atoms. The maximum Gasteiger partial charge on any atom is 0.392 e. The quantitative estimate of drug-likeness (QED) is 0.677. The molecule has 2 rings (SSSR count). The highest BCUT2D eigenvalue weighted by Crippen LogP contribution is 2.58. The molecule has 0 saturated heterocycles. The van der Waals surface area contributed by atoms with E-state index in [0.717, 1.165) is 6.42 Å². The van der Waals surface area contributed by atoms with Crippen LogP contribution < -0.4 is 0 Å². The maximum atomic E-state index is 13.1. The molecule has 0 aromatic carbocycles. The minimum Gasteiger partial charge on any atom is -0.460 e. The van der Waals surface area contributed by atoms with E-state index in [2.05, 4.69) is 0 Å². The van der Waals surface area contributed by atoms with E-state index in [9.17, 15) is 18.0 Å². The van der Waals surface area contributed by atoms with Gasteiger partial charge in [-0.1, -0.05) is 0 Å². The number of fused-ring (bicyclic) bond motifs is 2. The van der Waals surface area contributed by atoms with Crippen molar-refractivity contribution >= 4 is 5.97 Å². The van der Waals surface area contributed by atoms with E-state index in [1.165, 1.54) is 0 Å². The Balaban J connectivity index is 2.17. The first-order valence-corrected chi connectivity index (χ1v) is 6.39. The standard InChI is InChI=1S/C13H19F3O2/c1-12(2,3)18-11(17)9-7-4-5-8(6-7)10(9)13(14,15)16/h7-10H,4-6H2,1-3H3. The largest absolute Gasteiger partial charge is 0.460 e. The van der Waals surface area contributed by atoms with Crippen LogP contribution in [-0.4, -0.2) is 17.7 Å². The third-order valence-corrected chi connectivity index (χ3v) is 3.97. The smallest absolute Gasteiger partial charge is 0.392 e. The zero-order valence-corrected chi connectivity index (χ0v) is 10.9. The molecule has 104 valence electrons. The Bertz CT molecular complexity index is 343. The highest BCUT2D eigenvalue weighted by Gasteiger charge is 2.61. The van der Waals surface area contributed by atoms with Crippen molar-refractivity contribution in [2.24, 2.45) is 23.7 Å². The number of hydrogen-bond donors (Lipinski definition) is 0. The number of halogens is 3. The summed E-state index contributed by atoms with van der Waals surface area (Å²) < 4.78 is 44.3. The van der Waals surface area contributed by atoms with Crippen molar-refractivity contribution in [1.82, 2.24) is 0 Å². The van der Waals surface area contributed by atoms with Crippen LogP contribution >= 0.6 is 0 Å². The van der Waals surface area contributed by atoms with E-state index in [0.29, 0.717) is 12.8 Å². The van der Waals surface area contributed by atoms with E-state index in [4.69, 9.17) is 4.74 Å². The number of esters is 1. The number of ether oxygens (including phenoxy) is 1. The van der Waals surface area contributed by atoms with Crippen molar-refractivity contribution in [3.63, 3.8) is 0 Å². The van der Waals surface area contributed by atoms with Crippen LogP contribution in [0.25, 0.3) is 0 Å². The van der Waals surface area contributed by atoms with Crippen LogP contribution in [0.1, 0.15) is 40.0 Å².